The lowest BCUT2D eigenvalue weighted by Crippen LogP contribution is -2.24. The third kappa shape index (κ3) is 5.09. The van der Waals surface area contributed by atoms with E-state index in [2.05, 4.69) is 10.3 Å². The van der Waals surface area contributed by atoms with E-state index in [1.54, 1.807) is 12.2 Å². The molecule has 8 heteroatoms. The molecule has 3 N–H and O–H groups in total. The first-order valence-corrected chi connectivity index (χ1v) is 7.07. The number of rotatable bonds is 6. The number of carbonyl (C=O) groups is 1. The number of benzene rings is 1. The Hall–Kier alpha value is -3.42. The van der Waals surface area contributed by atoms with E-state index in [9.17, 15) is 14.9 Å². The van der Waals surface area contributed by atoms with Crippen LogP contribution in [0.5, 0.6) is 0 Å². The molecule has 8 nitrogen and oxygen atoms in total. The number of hydrogen-bond donors (Lipinski definition) is 2. The van der Waals surface area contributed by atoms with Crippen molar-refractivity contribution in [2.24, 2.45) is 0 Å². The maximum absolute atomic E-state index is 11.5. The van der Waals surface area contributed by atoms with Gasteiger partial charge in [-0.1, -0.05) is 42.5 Å². The molecule has 2 rings (SSSR count). The fraction of sp³-hybridized carbons (Fsp3) is 0.125. The Labute approximate surface area is 138 Å². The lowest BCUT2D eigenvalue weighted by Gasteiger charge is -2.05. The van der Waals surface area contributed by atoms with Crippen LogP contribution in [0.4, 0.5) is 16.3 Å². The summed E-state index contributed by atoms with van der Waals surface area (Å²) in [5.41, 5.74) is 6.79. The maximum Gasteiger partial charge on any atom is 0.407 e. The number of hydrogen-bond acceptors (Lipinski definition) is 6. The minimum atomic E-state index is -0.561. The first-order valence-electron chi connectivity index (χ1n) is 7.07. The Morgan fingerprint density at radius 2 is 2.12 bits per heavy atom. The molecule has 0 bridgehead atoms. The molecule has 2 aromatic rings. The molecule has 1 heterocycles. The van der Waals surface area contributed by atoms with Gasteiger partial charge < -0.3 is 15.8 Å². The van der Waals surface area contributed by atoms with Gasteiger partial charge in [0.25, 0.3) is 5.69 Å². The SMILES string of the molecule is Nc1ncc([N+](=O)[O-])cc1C=CCNC(=O)OCc1ccccc1. The number of aromatic nitrogens is 1. The zero-order valence-electron chi connectivity index (χ0n) is 12.7. The fourth-order valence-corrected chi connectivity index (χ4v) is 1.82. The van der Waals surface area contributed by atoms with Crippen LogP contribution in [0, 0.1) is 10.1 Å². The Balaban J connectivity index is 1.81. The van der Waals surface area contributed by atoms with E-state index in [0.717, 1.165) is 11.8 Å². The van der Waals surface area contributed by atoms with E-state index in [4.69, 9.17) is 10.5 Å². The van der Waals surface area contributed by atoms with Crippen LogP contribution in [0.2, 0.25) is 0 Å². The molecular weight excluding hydrogens is 312 g/mol. The van der Waals surface area contributed by atoms with Crippen LogP contribution >= 0.6 is 0 Å². The van der Waals surface area contributed by atoms with Gasteiger partial charge in [-0.25, -0.2) is 9.78 Å². The Kier molecular flexibility index (Phi) is 5.84. The minimum absolute atomic E-state index is 0.154. The Bertz CT molecular complexity index is 747. The lowest BCUT2D eigenvalue weighted by atomic mass is 10.2. The zero-order chi connectivity index (χ0) is 17.4. The van der Waals surface area contributed by atoms with Crippen LogP contribution in [-0.2, 0) is 11.3 Å². The second kappa shape index (κ2) is 8.28. The number of amides is 1. The van der Waals surface area contributed by atoms with Gasteiger partial charge in [-0.2, -0.15) is 0 Å². The van der Waals surface area contributed by atoms with Crippen LogP contribution in [0.3, 0.4) is 0 Å². The third-order valence-electron chi connectivity index (χ3n) is 3.02. The van der Waals surface area contributed by atoms with Gasteiger partial charge in [-0.15, -0.1) is 0 Å². The van der Waals surface area contributed by atoms with Gasteiger partial charge in [0.2, 0.25) is 0 Å². The van der Waals surface area contributed by atoms with Crippen molar-refractivity contribution in [2.45, 2.75) is 6.61 Å². The van der Waals surface area contributed by atoms with Crippen molar-refractivity contribution in [1.82, 2.24) is 10.3 Å². The molecule has 0 radical (unpaired) electrons. The molecule has 24 heavy (non-hydrogen) atoms. The predicted molar refractivity (Wildman–Crippen MR) is 89.0 cm³/mol. The molecule has 0 atom stereocenters. The summed E-state index contributed by atoms with van der Waals surface area (Å²) in [6.07, 6.45) is 3.67. The average molecular weight is 328 g/mol. The summed E-state index contributed by atoms with van der Waals surface area (Å²) in [7, 11) is 0. The van der Waals surface area contributed by atoms with Crippen molar-refractivity contribution in [3.8, 4) is 0 Å². The monoisotopic (exact) mass is 328 g/mol. The average Bonchev–Trinajstić information content (AvgIpc) is 2.59. The number of nitrogens with one attached hydrogen (secondary N) is 1. The van der Waals surface area contributed by atoms with Crippen LogP contribution in [0.25, 0.3) is 6.08 Å². The van der Waals surface area contributed by atoms with Gasteiger partial charge in [0.05, 0.1) is 4.92 Å². The number of ether oxygens (including phenoxy) is 1. The molecule has 124 valence electrons. The number of carbonyl (C=O) groups excluding carboxylic acids is 1. The second-order valence-electron chi connectivity index (χ2n) is 4.77. The summed E-state index contributed by atoms with van der Waals surface area (Å²) in [5.74, 6) is 0.170. The smallest absolute Gasteiger partial charge is 0.407 e. The molecule has 0 unspecified atom stereocenters. The summed E-state index contributed by atoms with van der Waals surface area (Å²) in [6.45, 7) is 0.369. The number of nitrogen functional groups attached to an aromatic ring is 1. The van der Waals surface area contributed by atoms with Gasteiger partial charge in [-0.05, 0) is 5.56 Å². The van der Waals surface area contributed by atoms with Gasteiger partial charge in [0.1, 0.15) is 18.6 Å². The number of pyridine rings is 1. The van der Waals surface area contributed by atoms with Gasteiger partial charge in [-0.3, -0.25) is 10.1 Å². The quantitative estimate of drug-likeness (QED) is 0.621. The molecule has 1 aromatic carbocycles. The van der Waals surface area contributed by atoms with Crippen molar-refractivity contribution in [2.75, 3.05) is 12.3 Å². The normalized spacial score (nSPS) is 10.5. The predicted octanol–water partition coefficient (Wildman–Crippen LogP) is 2.51. The summed E-state index contributed by atoms with van der Waals surface area (Å²) in [4.78, 5) is 25.4. The highest BCUT2D eigenvalue weighted by atomic mass is 16.6. The topological polar surface area (TPSA) is 120 Å². The van der Waals surface area contributed by atoms with Crippen LogP contribution < -0.4 is 11.1 Å². The number of nitro groups is 1. The molecule has 0 spiro atoms. The van der Waals surface area contributed by atoms with Crippen LogP contribution in [0.1, 0.15) is 11.1 Å². The van der Waals surface area contributed by atoms with E-state index < -0.39 is 11.0 Å². The molecule has 0 saturated carbocycles. The van der Waals surface area contributed by atoms with E-state index >= 15 is 0 Å². The third-order valence-corrected chi connectivity index (χ3v) is 3.02. The van der Waals surface area contributed by atoms with Crippen molar-refractivity contribution in [3.63, 3.8) is 0 Å². The zero-order valence-corrected chi connectivity index (χ0v) is 12.7. The summed E-state index contributed by atoms with van der Waals surface area (Å²) in [5, 5.41) is 13.2. The van der Waals surface area contributed by atoms with Crippen molar-refractivity contribution >= 4 is 23.7 Å². The number of anilines is 1. The van der Waals surface area contributed by atoms with Gasteiger partial charge in [0, 0.05) is 18.2 Å². The molecule has 0 aliphatic heterocycles. The van der Waals surface area contributed by atoms with E-state index in [-0.39, 0.29) is 24.7 Å². The van der Waals surface area contributed by atoms with Crippen LogP contribution in [0.15, 0.2) is 48.7 Å². The highest BCUT2D eigenvalue weighted by molar-refractivity contribution is 5.68. The van der Waals surface area contributed by atoms with Crippen LogP contribution in [-0.4, -0.2) is 22.5 Å². The Morgan fingerprint density at radius 1 is 1.38 bits per heavy atom. The van der Waals surface area contributed by atoms with Crippen molar-refractivity contribution in [1.29, 1.82) is 0 Å². The van der Waals surface area contributed by atoms with Gasteiger partial charge >= 0.3 is 6.09 Å². The van der Waals surface area contributed by atoms with Crippen molar-refractivity contribution < 1.29 is 14.5 Å². The number of alkyl carbamates (subject to hydrolysis) is 1. The molecule has 1 aromatic heterocycles. The fourth-order valence-electron chi connectivity index (χ4n) is 1.82. The van der Waals surface area contributed by atoms with Crippen molar-refractivity contribution in [3.05, 3.63) is 69.9 Å². The van der Waals surface area contributed by atoms with E-state index in [1.807, 2.05) is 30.3 Å². The largest absolute Gasteiger partial charge is 0.445 e. The second-order valence-corrected chi connectivity index (χ2v) is 4.77. The number of nitrogens with two attached hydrogens (primary N) is 1. The molecule has 0 saturated heterocycles. The molecule has 0 fully saturated rings. The first kappa shape index (κ1) is 16.9. The molecule has 0 aliphatic carbocycles. The van der Waals surface area contributed by atoms with E-state index in [0.29, 0.717) is 5.56 Å². The maximum atomic E-state index is 11.5. The molecule has 1 amide bonds. The Morgan fingerprint density at radius 3 is 2.83 bits per heavy atom. The molecule has 0 aliphatic rings. The first-order chi connectivity index (χ1) is 11.6. The lowest BCUT2D eigenvalue weighted by molar-refractivity contribution is -0.385. The number of nitrogens with zero attached hydrogens (tertiary/aromatic N) is 2. The highest BCUT2D eigenvalue weighted by Gasteiger charge is 2.08. The van der Waals surface area contributed by atoms with E-state index in [1.165, 1.54) is 6.07 Å². The highest BCUT2D eigenvalue weighted by Crippen LogP contribution is 2.17. The molecular formula is C16H16N4O4. The minimum Gasteiger partial charge on any atom is -0.445 e. The summed E-state index contributed by atoms with van der Waals surface area (Å²) >= 11 is 0. The summed E-state index contributed by atoms with van der Waals surface area (Å²) in [6, 6.07) is 10.6. The van der Waals surface area contributed by atoms with Gasteiger partial charge in [0.15, 0.2) is 0 Å². The summed E-state index contributed by atoms with van der Waals surface area (Å²) < 4.78 is 5.04. The standard InChI is InChI=1S/C16H16N4O4/c17-15-13(9-14(10-19-15)20(22)23)7-4-8-18-16(21)24-11-12-5-2-1-3-6-12/h1-7,9-10H,8,11H2,(H2,17,19)(H,18,21).